The first-order valence-corrected chi connectivity index (χ1v) is 11.5. The standard InChI is InChI=1S/C21H32N2O3S/c1-14-15(2)17(4)20(18(5)16(14)3)27(25,26)23-12-8-19(9-13-23)21(24)22-10-6-7-11-22/h19H,6-13H2,1-5H3. The minimum Gasteiger partial charge on any atom is -0.342 e. The summed E-state index contributed by atoms with van der Waals surface area (Å²) in [6, 6.07) is 0. The van der Waals surface area contributed by atoms with Crippen molar-refractivity contribution in [2.24, 2.45) is 5.92 Å². The third kappa shape index (κ3) is 3.54. The summed E-state index contributed by atoms with van der Waals surface area (Å²) in [5.74, 6) is 0.192. The lowest BCUT2D eigenvalue weighted by Gasteiger charge is -2.33. The van der Waals surface area contributed by atoms with E-state index in [4.69, 9.17) is 0 Å². The first-order chi connectivity index (χ1) is 12.7. The Kier molecular flexibility index (Phi) is 5.69. The van der Waals surface area contributed by atoms with Gasteiger partial charge in [0.25, 0.3) is 0 Å². The van der Waals surface area contributed by atoms with Crippen LogP contribution in [0.25, 0.3) is 0 Å². The van der Waals surface area contributed by atoms with Gasteiger partial charge in [0, 0.05) is 32.1 Å². The fourth-order valence-corrected chi connectivity index (χ4v) is 6.55. The molecule has 0 N–H and O–H groups in total. The van der Waals surface area contributed by atoms with Gasteiger partial charge in [-0.15, -0.1) is 0 Å². The van der Waals surface area contributed by atoms with Crippen LogP contribution in [0.15, 0.2) is 4.90 Å². The maximum absolute atomic E-state index is 13.4. The average molecular weight is 393 g/mol. The summed E-state index contributed by atoms with van der Waals surface area (Å²) < 4.78 is 28.4. The number of piperidine rings is 1. The van der Waals surface area contributed by atoms with E-state index in [9.17, 15) is 13.2 Å². The smallest absolute Gasteiger partial charge is 0.243 e. The number of hydrogen-bond donors (Lipinski definition) is 0. The minimum absolute atomic E-state index is 0.0294. The van der Waals surface area contributed by atoms with Gasteiger partial charge in [-0.25, -0.2) is 8.42 Å². The molecule has 0 saturated carbocycles. The van der Waals surface area contributed by atoms with Gasteiger partial charge in [0.05, 0.1) is 4.90 Å². The quantitative estimate of drug-likeness (QED) is 0.793. The molecule has 0 unspecified atom stereocenters. The lowest BCUT2D eigenvalue weighted by Crippen LogP contribution is -2.44. The number of amides is 1. The van der Waals surface area contributed by atoms with Crippen molar-refractivity contribution in [2.75, 3.05) is 26.2 Å². The molecule has 2 aliphatic rings. The highest BCUT2D eigenvalue weighted by Crippen LogP contribution is 2.33. The van der Waals surface area contributed by atoms with Gasteiger partial charge in [-0.2, -0.15) is 4.31 Å². The molecule has 1 aromatic rings. The highest BCUT2D eigenvalue weighted by atomic mass is 32.2. The average Bonchev–Trinajstić information content (AvgIpc) is 3.19. The van der Waals surface area contributed by atoms with Crippen LogP contribution in [0.2, 0.25) is 0 Å². The third-order valence-corrected chi connectivity index (χ3v) is 8.92. The molecule has 0 bridgehead atoms. The molecule has 2 aliphatic heterocycles. The van der Waals surface area contributed by atoms with Crippen LogP contribution >= 0.6 is 0 Å². The Morgan fingerprint density at radius 2 is 1.22 bits per heavy atom. The minimum atomic E-state index is -3.54. The molecule has 1 amide bonds. The Morgan fingerprint density at radius 1 is 0.778 bits per heavy atom. The predicted molar refractivity (Wildman–Crippen MR) is 107 cm³/mol. The molecule has 6 heteroatoms. The molecule has 150 valence electrons. The number of nitrogens with zero attached hydrogens (tertiary/aromatic N) is 2. The van der Waals surface area contributed by atoms with Crippen molar-refractivity contribution in [1.29, 1.82) is 0 Å². The van der Waals surface area contributed by atoms with Crippen LogP contribution in [0.1, 0.15) is 53.5 Å². The van der Waals surface area contributed by atoms with Gasteiger partial charge in [-0.05, 0) is 88.1 Å². The number of hydrogen-bond acceptors (Lipinski definition) is 3. The van der Waals surface area contributed by atoms with E-state index < -0.39 is 10.0 Å². The fourth-order valence-electron chi connectivity index (χ4n) is 4.52. The van der Waals surface area contributed by atoms with Gasteiger partial charge in [-0.1, -0.05) is 0 Å². The van der Waals surface area contributed by atoms with Crippen molar-refractivity contribution < 1.29 is 13.2 Å². The summed E-state index contributed by atoms with van der Waals surface area (Å²) in [5.41, 5.74) is 4.97. The zero-order valence-electron chi connectivity index (χ0n) is 17.3. The van der Waals surface area contributed by atoms with Crippen LogP contribution in [0, 0.1) is 40.5 Å². The van der Waals surface area contributed by atoms with E-state index in [-0.39, 0.29) is 11.8 Å². The van der Waals surface area contributed by atoms with Crippen molar-refractivity contribution in [3.8, 4) is 0 Å². The Balaban J connectivity index is 1.81. The lowest BCUT2D eigenvalue weighted by atomic mass is 9.95. The molecule has 0 aromatic heterocycles. The molecule has 27 heavy (non-hydrogen) atoms. The summed E-state index contributed by atoms with van der Waals surface area (Å²) in [6.45, 7) is 12.4. The first-order valence-electron chi connectivity index (χ1n) is 10.0. The summed E-state index contributed by atoms with van der Waals surface area (Å²) in [5, 5.41) is 0. The van der Waals surface area contributed by atoms with Crippen LogP contribution in [-0.2, 0) is 14.8 Å². The van der Waals surface area contributed by atoms with E-state index in [1.807, 2.05) is 32.6 Å². The van der Waals surface area contributed by atoms with Crippen LogP contribution in [0.3, 0.4) is 0 Å². The van der Waals surface area contributed by atoms with Gasteiger partial charge in [0.15, 0.2) is 0 Å². The van der Waals surface area contributed by atoms with Gasteiger partial charge < -0.3 is 4.90 Å². The van der Waals surface area contributed by atoms with Crippen molar-refractivity contribution >= 4 is 15.9 Å². The third-order valence-electron chi connectivity index (χ3n) is 6.75. The van der Waals surface area contributed by atoms with Gasteiger partial charge >= 0.3 is 0 Å². The molecule has 2 fully saturated rings. The SMILES string of the molecule is Cc1c(C)c(C)c(S(=O)(=O)N2CCC(C(=O)N3CCCC3)CC2)c(C)c1C. The second kappa shape index (κ2) is 7.55. The zero-order chi connectivity index (χ0) is 19.9. The fraction of sp³-hybridized carbons (Fsp3) is 0.667. The number of benzene rings is 1. The van der Waals surface area contributed by atoms with Crippen molar-refractivity contribution in [1.82, 2.24) is 9.21 Å². The van der Waals surface area contributed by atoms with E-state index in [2.05, 4.69) is 6.92 Å². The van der Waals surface area contributed by atoms with E-state index in [0.29, 0.717) is 30.8 Å². The molecular formula is C21H32N2O3S. The molecule has 0 atom stereocenters. The van der Waals surface area contributed by atoms with E-state index in [1.165, 1.54) is 5.56 Å². The zero-order valence-corrected chi connectivity index (χ0v) is 18.1. The molecule has 5 nitrogen and oxygen atoms in total. The first kappa shape index (κ1) is 20.3. The summed E-state index contributed by atoms with van der Waals surface area (Å²) >= 11 is 0. The molecule has 0 radical (unpaired) electrons. The summed E-state index contributed by atoms with van der Waals surface area (Å²) in [7, 11) is -3.54. The van der Waals surface area contributed by atoms with Crippen molar-refractivity contribution in [3.63, 3.8) is 0 Å². The monoisotopic (exact) mass is 392 g/mol. The van der Waals surface area contributed by atoms with Crippen LogP contribution in [0.4, 0.5) is 0 Å². The van der Waals surface area contributed by atoms with Crippen molar-refractivity contribution in [3.05, 3.63) is 27.8 Å². The largest absolute Gasteiger partial charge is 0.342 e. The highest BCUT2D eigenvalue weighted by molar-refractivity contribution is 7.89. The molecule has 0 spiro atoms. The molecule has 3 rings (SSSR count). The number of likely N-dealkylation sites (tertiary alicyclic amines) is 1. The van der Waals surface area contributed by atoms with Gasteiger partial charge in [-0.3, -0.25) is 4.79 Å². The maximum atomic E-state index is 13.4. The van der Waals surface area contributed by atoms with E-state index in [1.54, 1.807) is 4.31 Å². The van der Waals surface area contributed by atoms with Crippen LogP contribution in [0.5, 0.6) is 0 Å². The Bertz CT molecular complexity index is 818. The van der Waals surface area contributed by atoms with Gasteiger partial charge in [0.1, 0.15) is 0 Å². The summed E-state index contributed by atoms with van der Waals surface area (Å²) in [4.78, 5) is 15.0. The number of carbonyl (C=O) groups excluding carboxylic acids is 1. The second-order valence-electron chi connectivity index (χ2n) is 8.16. The topological polar surface area (TPSA) is 57.7 Å². The van der Waals surface area contributed by atoms with Crippen molar-refractivity contribution in [2.45, 2.75) is 65.2 Å². The normalized spacial score (nSPS) is 19.7. The molecule has 2 heterocycles. The van der Waals surface area contributed by atoms with Gasteiger partial charge in [0.2, 0.25) is 15.9 Å². The predicted octanol–water partition coefficient (Wildman–Crippen LogP) is 3.25. The van der Waals surface area contributed by atoms with E-state index in [0.717, 1.165) is 48.2 Å². The molecule has 1 aromatic carbocycles. The number of rotatable bonds is 3. The van der Waals surface area contributed by atoms with E-state index >= 15 is 0 Å². The van der Waals surface area contributed by atoms with Crippen LogP contribution in [-0.4, -0.2) is 49.7 Å². The second-order valence-corrected chi connectivity index (χ2v) is 10.0. The number of carbonyl (C=O) groups is 1. The summed E-state index contributed by atoms with van der Waals surface area (Å²) in [6.07, 6.45) is 3.42. The molecule has 2 saturated heterocycles. The Hall–Kier alpha value is -1.40. The molecule has 0 aliphatic carbocycles. The van der Waals surface area contributed by atoms with Crippen LogP contribution < -0.4 is 0 Å². The molecular weight excluding hydrogens is 360 g/mol. The highest BCUT2D eigenvalue weighted by Gasteiger charge is 2.36. The maximum Gasteiger partial charge on any atom is 0.243 e. The Morgan fingerprint density at radius 3 is 1.70 bits per heavy atom. The number of sulfonamides is 1. The Labute approximate surface area is 163 Å². The lowest BCUT2D eigenvalue weighted by molar-refractivity contribution is -0.135.